The molecule has 106 valence electrons. The summed E-state index contributed by atoms with van der Waals surface area (Å²) in [6.45, 7) is 4.16. The fourth-order valence-electron chi connectivity index (χ4n) is 3.42. The molecule has 0 aliphatic heterocycles. The summed E-state index contributed by atoms with van der Waals surface area (Å²) in [5, 5.41) is 16.0. The van der Waals surface area contributed by atoms with Crippen molar-refractivity contribution < 1.29 is 5.11 Å². The Morgan fingerprint density at radius 3 is 2.80 bits per heavy atom. The molecule has 0 bridgehead atoms. The smallest absolute Gasteiger partial charge is 0.120 e. The van der Waals surface area contributed by atoms with Crippen molar-refractivity contribution in [1.29, 1.82) is 0 Å². The van der Waals surface area contributed by atoms with Gasteiger partial charge >= 0.3 is 0 Å². The molecule has 20 heavy (non-hydrogen) atoms. The normalized spacial score (nSPS) is 22.4. The predicted octanol–water partition coefficient (Wildman–Crippen LogP) is 4.07. The van der Waals surface area contributed by atoms with E-state index in [2.05, 4.69) is 24.4 Å². The molecular formula is C18H23NO. The molecule has 2 aromatic carbocycles. The van der Waals surface area contributed by atoms with Crippen LogP contribution in [-0.4, -0.2) is 11.7 Å². The second-order valence-corrected chi connectivity index (χ2v) is 6.08. The van der Waals surface area contributed by atoms with Crippen molar-refractivity contribution >= 4 is 10.8 Å². The molecule has 2 heteroatoms. The van der Waals surface area contributed by atoms with Crippen molar-refractivity contribution in [3.63, 3.8) is 0 Å². The van der Waals surface area contributed by atoms with E-state index in [-0.39, 0.29) is 0 Å². The molecule has 0 spiro atoms. The number of phenols is 1. The molecule has 2 aromatic rings. The van der Waals surface area contributed by atoms with E-state index in [1.54, 1.807) is 6.07 Å². The summed E-state index contributed by atoms with van der Waals surface area (Å²) in [7, 11) is 0. The van der Waals surface area contributed by atoms with Crippen LogP contribution in [0, 0.1) is 11.8 Å². The van der Waals surface area contributed by atoms with E-state index in [4.69, 9.17) is 0 Å². The van der Waals surface area contributed by atoms with Gasteiger partial charge in [0.25, 0.3) is 0 Å². The van der Waals surface area contributed by atoms with Gasteiger partial charge in [-0.05, 0) is 41.6 Å². The van der Waals surface area contributed by atoms with E-state index in [9.17, 15) is 5.11 Å². The lowest BCUT2D eigenvalue weighted by molar-refractivity contribution is 0.389. The van der Waals surface area contributed by atoms with Gasteiger partial charge in [0.05, 0.1) is 0 Å². The Morgan fingerprint density at radius 1 is 1.15 bits per heavy atom. The molecule has 3 rings (SSSR count). The van der Waals surface area contributed by atoms with Crippen molar-refractivity contribution in [2.24, 2.45) is 11.8 Å². The lowest BCUT2D eigenvalue weighted by Crippen LogP contribution is -2.24. The molecule has 2 atom stereocenters. The molecule has 1 saturated carbocycles. The first-order chi connectivity index (χ1) is 9.75. The van der Waals surface area contributed by atoms with Crippen LogP contribution in [-0.2, 0) is 6.54 Å². The van der Waals surface area contributed by atoms with Gasteiger partial charge in [-0.2, -0.15) is 0 Å². The zero-order valence-corrected chi connectivity index (χ0v) is 12.1. The topological polar surface area (TPSA) is 32.3 Å². The highest BCUT2D eigenvalue weighted by Crippen LogP contribution is 2.31. The van der Waals surface area contributed by atoms with Crippen molar-refractivity contribution in [1.82, 2.24) is 5.32 Å². The highest BCUT2D eigenvalue weighted by Gasteiger charge is 2.22. The minimum absolute atomic E-state index is 0.399. The van der Waals surface area contributed by atoms with E-state index >= 15 is 0 Å². The zero-order valence-electron chi connectivity index (χ0n) is 12.1. The standard InChI is InChI=1S/C18H23NO/c1-13-5-4-7-15(13)11-19-12-17-16-8-3-2-6-14(16)9-10-18(17)20/h2-3,6,8-10,13,15,19-20H,4-5,7,11-12H2,1H3. The van der Waals surface area contributed by atoms with Crippen LogP contribution >= 0.6 is 0 Å². The molecule has 1 fully saturated rings. The van der Waals surface area contributed by atoms with Crippen LogP contribution in [0.2, 0.25) is 0 Å². The summed E-state index contributed by atoms with van der Waals surface area (Å²) in [6, 6.07) is 12.0. The van der Waals surface area contributed by atoms with Crippen LogP contribution in [0.3, 0.4) is 0 Å². The van der Waals surface area contributed by atoms with E-state index in [0.29, 0.717) is 5.75 Å². The predicted molar refractivity (Wildman–Crippen MR) is 83.8 cm³/mol. The fourth-order valence-corrected chi connectivity index (χ4v) is 3.42. The molecule has 1 aliphatic carbocycles. The number of nitrogens with one attached hydrogen (secondary N) is 1. The molecule has 0 radical (unpaired) electrons. The Hall–Kier alpha value is -1.54. The summed E-state index contributed by atoms with van der Waals surface area (Å²) in [5.74, 6) is 2.03. The maximum Gasteiger partial charge on any atom is 0.120 e. The average Bonchev–Trinajstić information content (AvgIpc) is 2.87. The van der Waals surface area contributed by atoms with Gasteiger partial charge in [0.2, 0.25) is 0 Å². The Bertz CT molecular complexity index is 593. The average molecular weight is 269 g/mol. The zero-order chi connectivity index (χ0) is 13.9. The lowest BCUT2D eigenvalue weighted by Gasteiger charge is -2.17. The number of aromatic hydroxyl groups is 1. The van der Waals surface area contributed by atoms with Gasteiger partial charge in [-0.1, -0.05) is 50.1 Å². The number of rotatable bonds is 4. The maximum atomic E-state index is 10.1. The maximum absolute atomic E-state index is 10.1. The molecule has 0 amide bonds. The second kappa shape index (κ2) is 5.84. The number of phenolic OH excluding ortho intramolecular Hbond substituents is 1. The quantitative estimate of drug-likeness (QED) is 0.877. The van der Waals surface area contributed by atoms with Gasteiger partial charge < -0.3 is 10.4 Å². The van der Waals surface area contributed by atoms with Crippen molar-refractivity contribution in [3.8, 4) is 5.75 Å². The first-order valence-electron chi connectivity index (χ1n) is 7.66. The minimum Gasteiger partial charge on any atom is -0.508 e. The van der Waals surface area contributed by atoms with Crippen LogP contribution in [0.1, 0.15) is 31.7 Å². The third kappa shape index (κ3) is 2.66. The summed E-state index contributed by atoms with van der Waals surface area (Å²) in [6.07, 6.45) is 4.08. The number of hydrogen-bond acceptors (Lipinski definition) is 2. The largest absolute Gasteiger partial charge is 0.508 e. The summed E-state index contributed by atoms with van der Waals surface area (Å²) < 4.78 is 0. The summed E-state index contributed by atoms with van der Waals surface area (Å²) >= 11 is 0. The SMILES string of the molecule is CC1CCCC1CNCc1c(O)ccc2ccccc12. The van der Waals surface area contributed by atoms with Gasteiger partial charge in [0.1, 0.15) is 5.75 Å². The molecular weight excluding hydrogens is 246 g/mol. The molecule has 2 unspecified atom stereocenters. The molecule has 0 aromatic heterocycles. The second-order valence-electron chi connectivity index (χ2n) is 6.08. The van der Waals surface area contributed by atoms with Gasteiger partial charge in [-0.25, -0.2) is 0 Å². The number of hydrogen-bond donors (Lipinski definition) is 2. The number of benzene rings is 2. The van der Waals surface area contributed by atoms with Gasteiger partial charge in [0, 0.05) is 12.1 Å². The monoisotopic (exact) mass is 269 g/mol. The molecule has 0 heterocycles. The van der Waals surface area contributed by atoms with Gasteiger partial charge in [-0.15, -0.1) is 0 Å². The minimum atomic E-state index is 0.399. The Labute approximate surface area is 120 Å². The number of fused-ring (bicyclic) bond motifs is 1. The third-order valence-corrected chi connectivity index (χ3v) is 4.76. The Morgan fingerprint density at radius 2 is 2.00 bits per heavy atom. The Kier molecular flexibility index (Phi) is 3.93. The van der Waals surface area contributed by atoms with Crippen LogP contribution in [0.5, 0.6) is 5.75 Å². The van der Waals surface area contributed by atoms with Crippen LogP contribution in [0.4, 0.5) is 0 Å². The van der Waals surface area contributed by atoms with Crippen molar-refractivity contribution in [3.05, 3.63) is 42.0 Å². The van der Waals surface area contributed by atoms with Gasteiger partial charge in [0.15, 0.2) is 0 Å². The fraction of sp³-hybridized carbons (Fsp3) is 0.444. The van der Waals surface area contributed by atoms with Crippen molar-refractivity contribution in [2.75, 3.05) is 6.54 Å². The molecule has 0 saturated heterocycles. The highest BCUT2D eigenvalue weighted by atomic mass is 16.3. The van der Waals surface area contributed by atoms with E-state index in [0.717, 1.165) is 35.9 Å². The van der Waals surface area contributed by atoms with Crippen molar-refractivity contribution in [2.45, 2.75) is 32.7 Å². The van der Waals surface area contributed by atoms with Crippen LogP contribution < -0.4 is 5.32 Å². The van der Waals surface area contributed by atoms with Gasteiger partial charge in [-0.3, -0.25) is 0 Å². The first kappa shape index (κ1) is 13.4. The molecule has 1 aliphatic rings. The summed E-state index contributed by atoms with van der Waals surface area (Å²) in [4.78, 5) is 0. The van der Waals surface area contributed by atoms with E-state index in [1.807, 2.05) is 18.2 Å². The molecule has 2 N–H and O–H groups in total. The van der Waals surface area contributed by atoms with E-state index < -0.39 is 0 Å². The third-order valence-electron chi connectivity index (χ3n) is 4.76. The van der Waals surface area contributed by atoms with E-state index in [1.165, 1.54) is 24.6 Å². The lowest BCUT2D eigenvalue weighted by atomic mass is 9.98. The Balaban J connectivity index is 1.72. The van der Waals surface area contributed by atoms with Crippen LogP contribution in [0.25, 0.3) is 10.8 Å². The summed E-state index contributed by atoms with van der Waals surface area (Å²) in [5.41, 5.74) is 1.02. The van der Waals surface area contributed by atoms with Crippen LogP contribution in [0.15, 0.2) is 36.4 Å². The first-order valence-corrected chi connectivity index (χ1v) is 7.66. The highest BCUT2D eigenvalue weighted by molar-refractivity contribution is 5.87. The molecule has 2 nitrogen and oxygen atoms in total.